The number of nitrogens with one attached hydrogen (secondary N) is 1. The highest BCUT2D eigenvalue weighted by molar-refractivity contribution is 7.90. The highest BCUT2D eigenvalue weighted by atomic mass is 35.5. The van der Waals surface area contributed by atoms with Crippen LogP contribution in [0.5, 0.6) is 23.0 Å². The van der Waals surface area contributed by atoms with Crippen molar-refractivity contribution in [1.29, 1.82) is 0 Å². The molecular weight excluding hydrogens is 602 g/mol. The summed E-state index contributed by atoms with van der Waals surface area (Å²) in [6.45, 7) is -0.00755. The molecule has 0 amide bonds. The largest absolute Gasteiger partial charge is 0.495 e. The van der Waals surface area contributed by atoms with Crippen LogP contribution < -0.4 is 19.5 Å². The first-order valence-electron chi connectivity index (χ1n) is 13.5. The standard InChI is InChI=1S/C32H26ClN5O5S/c1-41-23-18-27-31(35-19-23)28(13-14-34-27)43-22-10-8-21(9-11-22)36-32-25-6-4-3-5-24(25)30(37-38-32)20-7-12-26(33)29(17-20)42-15-16-44(2,39)40/h3-14,17-19H,15-16H2,1-2H3,(H,36,38). The van der Waals surface area contributed by atoms with Crippen LogP contribution in [0.3, 0.4) is 0 Å². The molecule has 6 aromatic rings. The second-order valence-corrected chi connectivity index (χ2v) is 12.5. The van der Waals surface area contributed by atoms with E-state index in [2.05, 4.69) is 25.5 Å². The van der Waals surface area contributed by atoms with Gasteiger partial charge < -0.3 is 19.5 Å². The summed E-state index contributed by atoms with van der Waals surface area (Å²) in [5, 5.41) is 14.5. The summed E-state index contributed by atoms with van der Waals surface area (Å²) < 4.78 is 40.0. The average Bonchev–Trinajstić information content (AvgIpc) is 3.02. The Hall–Kier alpha value is -5.00. The molecule has 3 aromatic carbocycles. The molecule has 3 aromatic heterocycles. The van der Waals surface area contributed by atoms with Gasteiger partial charge >= 0.3 is 0 Å². The molecule has 0 saturated heterocycles. The number of sulfone groups is 1. The van der Waals surface area contributed by atoms with Gasteiger partial charge in [0, 0.05) is 46.6 Å². The van der Waals surface area contributed by atoms with Crippen LogP contribution in [0.4, 0.5) is 11.5 Å². The molecule has 0 radical (unpaired) electrons. The topological polar surface area (TPSA) is 125 Å². The fourth-order valence-electron chi connectivity index (χ4n) is 4.52. The summed E-state index contributed by atoms with van der Waals surface area (Å²) in [6, 6.07) is 24.1. The van der Waals surface area contributed by atoms with E-state index >= 15 is 0 Å². The Kier molecular flexibility index (Phi) is 8.14. The zero-order chi connectivity index (χ0) is 30.7. The van der Waals surface area contributed by atoms with Gasteiger partial charge in [-0.25, -0.2) is 13.4 Å². The normalized spacial score (nSPS) is 11.4. The van der Waals surface area contributed by atoms with Crippen molar-refractivity contribution in [1.82, 2.24) is 20.2 Å². The van der Waals surface area contributed by atoms with E-state index in [0.29, 0.717) is 50.6 Å². The van der Waals surface area contributed by atoms with Crippen molar-refractivity contribution < 1.29 is 22.6 Å². The number of fused-ring (bicyclic) bond motifs is 2. The number of rotatable bonds is 10. The third-order valence-corrected chi connectivity index (χ3v) is 7.92. The molecular formula is C32H26ClN5O5S. The van der Waals surface area contributed by atoms with Crippen LogP contribution in [0.1, 0.15) is 0 Å². The minimum Gasteiger partial charge on any atom is -0.495 e. The van der Waals surface area contributed by atoms with Gasteiger partial charge in [0.05, 0.1) is 29.6 Å². The predicted octanol–water partition coefficient (Wildman–Crippen LogP) is 6.86. The van der Waals surface area contributed by atoms with Gasteiger partial charge in [-0.05, 0) is 36.4 Å². The van der Waals surface area contributed by atoms with E-state index < -0.39 is 9.84 Å². The molecule has 0 saturated carbocycles. The van der Waals surface area contributed by atoms with Gasteiger partial charge in [-0.3, -0.25) is 4.98 Å². The van der Waals surface area contributed by atoms with Crippen LogP contribution in [0.25, 0.3) is 33.1 Å². The van der Waals surface area contributed by atoms with E-state index in [1.165, 1.54) is 0 Å². The molecule has 6 rings (SSSR count). The summed E-state index contributed by atoms with van der Waals surface area (Å²) in [7, 11) is -1.59. The third-order valence-electron chi connectivity index (χ3n) is 6.70. The van der Waals surface area contributed by atoms with Crippen LogP contribution in [0.15, 0.2) is 91.3 Å². The molecule has 0 atom stereocenters. The molecule has 0 unspecified atom stereocenters. The number of ether oxygens (including phenoxy) is 3. The van der Waals surface area contributed by atoms with Crippen molar-refractivity contribution in [2.24, 2.45) is 0 Å². The van der Waals surface area contributed by atoms with E-state index in [-0.39, 0.29) is 12.4 Å². The first kappa shape index (κ1) is 29.1. The predicted molar refractivity (Wildman–Crippen MR) is 171 cm³/mol. The summed E-state index contributed by atoms with van der Waals surface area (Å²) in [4.78, 5) is 8.79. The lowest BCUT2D eigenvalue weighted by molar-refractivity contribution is 0.341. The highest BCUT2D eigenvalue weighted by Crippen LogP contribution is 2.36. The molecule has 0 bridgehead atoms. The number of pyridine rings is 2. The van der Waals surface area contributed by atoms with Gasteiger partial charge in [0.2, 0.25) is 0 Å². The molecule has 0 aliphatic heterocycles. The number of hydrogen-bond acceptors (Lipinski definition) is 10. The quantitative estimate of drug-likeness (QED) is 0.172. The molecule has 12 heteroatoms. The van der Waals surface area contributed by atoms with E-state index in [4.69, 9.17) is 25.8 Å². The molecule has 3 heterocycles. The number of hydrogen-bond donors (Lipinski definition) is 1. The summed E-state index contributed by atoms with van der Waals surface area (Å²) in [5.74, 6) is 2.67. The maximum Gasteiger partial charge on any atom is 0.161 e. The second-order valence-electron chi connectivity index (χ2n) is 9.87. The minimum absolute atomic E-state index is 0.00755. The van der Waals surface area contributed by atoms with E-state index in [1.54, 1.807) is 43.8 Å². The number of anilines is 2. The SMILES string of the molecule is COc1cnc2c(Oc3ccc(Nc4nnc(-c5ccc(Cl)c(OCCS(C)(=O)=O)c5)c5ccccc45)cc3)ccnc2c1. The number of methoxy groups -OCH3 is 1. The van der Waals surface area contributed by atoms with Crippen molar-refractivity contribution in [3.05, 3.63) is 96.3 Å². The number of nitrogens with zero attached hydrogens (tertiary/aromatic N) is 4. The van der Waals surface area contributed by atoms with Crippen LogP contribution in [0, 0.1) is 0 Å². The van der Waals surface area contributed by atoms with Gasteiger partial charge in [-0.1, -0.05) is 41.9 Å². The Morgan fingerprint density at radius 3 is 2.43 bits per heavy atom. The maximum absolute atomic E-state index is 11.5. The van der Waals surface area contributed by atoms with E-state index in [1.807, 2.05) is 54.6 Å². The Morgan fingerprint density at radius 2 is 1.66 bits per heavy atom. The summed E-state index contributed by atoms with van der Waals surface area (Å²) >= 11 is 6.32. The Morgan fingerprint density at radius 1 is 0.864 bits per heavy atom. The first-order valence-corrected chi connectivity index (χ1v) is 15.9. The summed E-state index contributed by atoms with van der Waals surface area (Å²) in [5.41, 5.74) is 3.46. The summed E-state index contributed by atoms with van der Waals surface area (Å²) in [6.07, 6.45) is 4.45. The van der Waals surface area contributed by atoms with Gasteiger partial charge in [-0.2, -0.15) is 0 Å². The van der Waals surface area contributed by atoms with Crippen LogP contribution in [0.2, 0.25) is 5.02 Å². The molecule has 0 spiro atoms. The molecule has 222 valence electrons. The number of benzene rings is 3. The van der Waals surface area contributed by atoms with Crippen LogP contribution in [-0.2, 0) is 9.84 Å². The fraction of sp³-hybridized carbons (Fsp3) is 0.125. The molecule has 0 aliphatic carbocycles. The number of aromatic nitrogens is 4. The molecule has 0 aliphatic rings. The first-order chi connectivity index (χ1) is 21.3. The number of halogens is 1. The lowest BCUT2D eigenvalue weighted by Gasteiger charge is -2.13. The third kappa shape index (κ3) is 6.48. The molecule has 10 nitrogen and oxygen atoms in total. The Bertz CT molecular complexity index is 2090. The Balaban J connectivity index is 1.23. The van der Waals surface area contributed by atoms with Gasteiger partial charge in [-0.15, -0.1) is 10.2 Å². The maximum atomic E-state index is 11.5. The average molecular weight is 628 g/mol. The lowest BCUT2D eigenvalue weighted by atomic mass is 10.0. The second kappa shape index (κ2) is 12.3. The molecule has 44 heavy (non-hydrogen) atoms. The monoisotopic (exact) mass is 627 g/mol. The van der Waals surface area contributed by atoms with Crippen molar-refractivity contribution in [3.63, 3.8) is 0 Å². The van der Waals surface area contributed by atoms with Crippen molar-refractivity contribution in [3.8, 4) is 34.3 Å². The molecule has 1 N–H and O–H groups in total. The van der Waals surface area contributed by atoms with Crippen molar-refractivity contribution >= 4 is 54.7 Å². The zero-order valence-electron chi connectivity index (χ0n) is 23.7. The molecule has 0 fully saturated rings. The van der Waals surface area contributed by atoms with E-state index in [0.717, 1.165) is 28.3 Å². The Labute approximate surface area is 258 Å². The fourth-order valence-corrected chi connectivity index (χ4v) is 5.08. The zero-order valence-corrected chi connectivity index (χ0v) is 25.3. The van der Waals surface area contributed by atoms with Crippen LogP contribution >= 0.6 is 11.6 Å². The van der Waals surface area contributed by atoms with Crippen molar-refractivity contribution in [2.45, 2.75) is 0 Å². The van der Waals surface area contributed by atoms with Gasteiger partial charge in [0.25, 0.3) is 0 Å². The highest BCUT2D eigenvalue weighted by Gasteiger charge is 2.14. The lowest BCUT2D eigenvalue weighted by Crippen LogP contribution is -2.12. The smallest absolute Gasteiger partial charge is 0.161 e. The van der Waals surface area contributed by atoms with Gasteiger partial charge in [0.1, 0.15) is 35.1 Å². The van der Waals surface area contributed by atoms with Gasteiger partial charge in [0.15, 0.2) is 21.4 Å². The minimum atomic E-state index is -3.17. The van der Waals surface area contributed by atoms with Crippen LogP contribution in [-0.4, -0.2) is 54.3 Å². The van der Waals surface area contributed by atoms with E-state index in [9.17, 15) is 8.42 Å². The van der Waals surface area contributed by atoms with Crippen molar-refractivity contribution in [2.75, 3.05) is 31.0 Å².